The lowest BCUT2D eigenvalue weighted by Crippen LogP contribution is -2.42. The molecule has 0 saturated heterocycles. The van der Waals surface area contributed by atoms with Crippen LogP contribution in [-0.4, -0.2) is 34.4 Å². The third-order valence-corrected chi connectivity index (χ3v) is 5.26. The molecule has 2 aromatic rings. The summed E-state index contributed by atoms with van der Waals surface area (Å²) in [6, 6.07) is 7.41. The van der Waals surface area contributed by atoms with E-state index in [1.54, 1.807) is 31.7 Å². The van der Waals surface area contributed by atoms with Crippen molar-refractivity contribution in [2.24, 2.45) is 0 Å². The number of benzene rings is 2. The number of hydrogen-bond acceptors (Lipinski definition) is 6. The zero-order valence-electron chi connectivity index (χ0n) is 20.9. The predicted octanol–water partition coefficient (Wildman–Crippen LogP) is 6.57. The summed E-state index contributed by atoms with van der Waals surface area (Å²) < 4.78 is 0. The van der Waals surface area contributed by atoms with E-state index in [0.29, 0.717) is 34.3 Å². The Labute approximate surface area is 221 Å². The van der Waals surface area contributed by atoms with Crippen molar-refractivity contribution in [2.45, 2.75) is 53.0 Å². The van der Waals surface area contributed by atoms with Crippen LogP contribution >= 0.6 is 23.2 Å². The SMILES string of the molecule is C#CC(C)(C)NC(=O)c1cc(Cl)cc(Cl)c1.CCCN(CCC)c1c([N+](=O)[O-])cc(C)cc1[N+](=O)[O-]. The Bertz CT molecular complexity index is 1100. The van der Waals surface area contributed by atoms with Gasteiger partial charge in [-0.2, -0.15) is 0 Å². The minimum Gasteiger partial charge on any atom is -0.360 e. The molecule has 0 aliphatic heterocycles. The van der Waals surface area contributed by atoms with Crippen molar-refractivity contribution in [3.05, 3.63) is 71.7 Å². The Morgan fingerprint density at radius 1 is 1.00 bits per heavy atom. The highest BCUT2D eigenvalue weighted by molar-refractivity contribution is 6.35. The van der Waals surface area contributed by atoms with E-state index in [0.717, 1.165) is 12.8 Å². The number of nitro benzene ring substituents is 2. The van der Waals surface area contributed by atoms with E-state index in [-0.39, 0.29) is 23.0 Å². The van der Waals surface area contributed by atoms with Crippen molar-refractivity contribution in [3.8, 4) is 12.3 Å². The molecule has 194 valence electrons. The maximum absolute atomic E-state index is 11.8. The number of rotatable bonds is 9. The lowest BCUT2D eigenvalue weighted by molar-refractivity contribution is -0.392. The van der Waals surface area contributed by atoms with Crippen LogP contribution in [0.5, 0.6) is 0 Å². The third-order valence-electron chi connectivity index (χ3n) is 4.82. The fraction of sp³-hybridized carbons (Fsp3) is 0.400. The van der Waals surface area contributed by atoms with Crippen LogP contribution in [0.25, 0.3) is 0 Å². The largest absolute Gasteiger partial charge is 0.360 e. The topological polar surface area (TPSA) is 119 Å². The molecule has 2 rings (SSSR count). The molecule has 0 aromatic heterocycles. The normalized spacial score (nSPS) is 10.5. The summed E-state index contributed by atoms with van der Waals surface area (Å²) in [6.45, 7) is 10.1. The fourth-order valence-corrected chi connectivity index (χ4v) is 3.82. The second kappa shape index (κ2) is 13.7. The summed E-state index contributed by atoms with van der Waals surface area (Å²) in [7, 11) is 0. The van der Waals surface area contributed by atoms with E-state index in [1.165, 1.54) is 24.3 Å². The van der Waals surface area contributed by atoms with Gasteiger partial charge in [-0.3, -0.25) is 25.0 Å². The standard InChI is InChI=1S/C13H19N3O4.C12H11Cl2NO/c1-4-6-14(7-5-2)13-11(15(17)18)8-10(3)9-12(13)16(19)20;1-4-12(2,3)15-11(16)8-5-9(13)7-10(14)6-8/h8-9H,4-7H2,1-3H3;1,5-7H,2-3H3,(H,15,16). The molecule has 9 nitrogen and oxygen atoms in total. The number of carbonyl (C=O) groups is 1. The molecule has 0 heterocycles. The smallest absolute Gasteiger partial charge is 0.299 e. The van der Waals surface area contributed by atoms with Gasteiger partial charge in [-0.05, 0) is 57.4 Å². The molecule has 0 unspecified atom stereocenters. The number of terminal acetylenes is 1. The van der Waals surface area contributed by atoms with Crippen LogP contribution in [0.3, 0.4) is 0 Å². The van der Waals surface area contributed by atoms with E-state index >= 15 is 0 Å². The van der Waals surface area contributed by atoms with Gasteiger partial charge in [-0.1, -0.05) is 43.0 Å². The molecule has 11 heteroatoms. The molecular weight excluding hydrogens is 507 g/mol. The molecule has 0 bridgehead atoms. The van der Waals surface area contributed by atoms with Gasteiger partial charge >= 0.3 is 0 Å². The number of carbonyl (C=O) groups excluding carboxylic acids is 1. The Morgan fingerprint density at radius 3 is 1.81 bits per heavy atom. The monoisotopic (exact) mass is 536 g/mol. The third kappa shape index (κ3) is 9.02. The average molecular weight is 537 g/mol. The summed E-state index contributed by atoms with van der Waals surface area (Å²) >= 11 is 11.6. The van der Waals surface area contributed by atoms with Gasteiger partial charge in [0.2, 0.25) is 0 Å². The lowest BCUT2D eigenvalue weighted by Gasteiger charge is -2.23. The minimum atomic E-state index is -0.703. The van der Waals surface area contributed by atoms with Crippen LogP contribution in [0.4, 0.5) is 17.1 Å². The summed E-state index contributed by atoms with van der Waals surface area (Å²) in [4.78, 5) is 34.9. The Hall–Kier alpha value is -3.35. The number of hydrogen-bond donors (Lipinski definition) is 1. The van der Waals surface area contributed by atoms with E-state index in [1.807, 2.05) is 13.8 Å². The van der Waals surface area contributed by atoms with Crippen LogP contribution in [0.15, 0.2) is 30.3 Å². The predicted molar refractivity (Wildman–Crippen MR) is 144 cm³/mol. The molecule has 0 spiro atoms. The molecule has 0 fully saturated rings. The van der Waals surface area contributed by atoms with Gasteiger partial charge in [0.05, 0.1) is 15.4 Å². The first-order chi connectivity index (χ1) is 16.8. The second-order valence-corrected chi connectivity index (χ2v) is 9.41. The first-order valence-corrected chi connectivity index (χ1v) is 12.0. The highest BCUT2D eigenvalue weighted by atomic mass is 35.5. The fourth-order valence-electron chi connectivity index (χ4n) is 3.30. The molecule has 1 N–H and O–H groups in total. The van der Waals surface area contributed by atoms with Crippen LogP contribution in [-0.2, 0) is 0 Å². The zero-order valence-corrected chi connectivity index (χ0v) is 22.4. The second-order valence-electron chi connectivity index (χ2n) is 8.53. The van der Waals surface area contributed by atoms with E-state index < -0.39 is 15.4 Å². The van der Waals surface area contributed by atoms with E-state index in [2.05, 4.69) is 11.2 Å². The molecular formula is C25H30Cl2N4O5. The number of aryl methyl sites for hydroxylation is 1. The van der Waals surface area contributed by atoms with Crippen LogP contribution in [0.2, 0.25) is 10.0 Å². The first kappa shape index (κ1) is 30.7. The van der Waals surface area contributed by atoms with Crippen molar-refractivity contribution >= 4 is 46.2 Å². The zero-order chi connectivity index (χ0) is 27.6. The molecule has 0 saturated carbocycles. The molecule has 0 radical (unpaired) electrons. The van der Waals surface area contributed by atoms with E-state index in [4.69, 9.17) is 29.6 Å². The van der Waals surface area contributed by atoms with Gasteiger partial charge in [0.25, 0.3) is 17.3 Å². The van der Waals surface area contributed by atoms with Gasteiger partial charge in [-0.25, -0.2) is 0 Å². The van der Waals surface area contributed by atoms with Crippen molar-refractivity contribution in [1.82, 2.24) is 5.32 Å². The number of nitrogens with one attached hydrogen (secondary N) is 1. The Kier molecular flexibility index (Phi) is 11.6. The maximum atomic E-state index is 11.8. The number of halogens is 2. The maximum Gasteiger partial charge on any atom is 0.299 e. The molecule has 0 atom stereocenters. The molecule has 2 aromatic carbocycles. The average Bonchev–Trinajstić information content (AvgIpc) is 2.78. The van der Waals surface area contributed by atoms with E-state index in [9.17, 15) is 25.0 Å². The lowest BCUT2D eigenvalue weighted by atomic mass is 10.1. The van der Waals surface area contributed by atoms with Gasteiger partial charge in [0.15, 0.2) is 5.69 Å². The summed E-state index contributed by atoms with van der Waals surface area (Å²) in [5, 5.41) is 25.9. The van der Waals surface area contributed by atoms with Crippen LogP contribution in [0.1, 0.15) is 56.5 Å². The summed E-state index contributed by atoms with van der Waals surface area (Å²) in [6.07, 6.45) is 6.81. The summed E-state index contributed by atoms with van der Waals surface area (Å²) in [5.74, 6) is 2.17. The Balaban J connectivity index is 0.000000369. The minimum absolute atomic E-state index is 0.120. The highest BCUT2D eigenvalue weighted by Crippen LogP contribution is 2.38. The number of amides is 1. The molecule has 0 aliphatic carbocycles. The van der Waals surface area contributed by atoms with Gasteiger partial charge in [0.1, 0.15) is 0 Å². The van der Waals surface area contributed by atoms with Gasteiger partial charge in [0, 0.05) is 40.8 Å². The number of nitro groups is 2. The van der Waals surface area contributed by atoms with Crippen LogP contribution in [0, 0.1) is 39.5 Å². The van der Waals surface area contributed by atoms with Crippen molar-refractivity contribution in [1.29, 1.82) is 0 Å². The van der Waals surface area contributed by atoms with Crippen molar-refractivity contribution in [3.63, 3.8) is 0 Å². The number of nitrogens with zero attached hydrogens (tertiary/aromatic N) is 3. The molecule has 36 heavy (non-hydrogen) atoms. The van der Waals surface area contributed by atoms with Gasteiger partial charge < -0.3 is 10.2 Å². The van der Waals surface area contributed by atoms with Crippen LogP contribution < -0.4 is 10.2 Å². The summed E-state index contributed by atoms with van der Waals surface area (Å²) in [5.41, 5.74) is -0.0706. The number of anilines is 1. The van der Waals surface area contributed by atoms with Crippen molar-refractivity contribution in [2.75, 3.05) is 18.0 Å². The first-order valence-electron chi connectivity index (χ1n) is 11.2. The van der Waals surface area contributed by atoms with Crippen molar-refractivity contribution < 1.29 is 14.6 Å². The molecule has 1 amide bonds. The molecule has 0 aliphatic rings. The Morgan fingerprint density at radius 2 is 1.44 bits per heavy atom. The van der Waals surface area contributed by atoms with Gasteiger partial charge in [-0.15, -0.1) is 6.42 Å². The highest BCUT2D eigenvalue weighted by Gasteiger charge is 2.29. The quantitative estimate of drug-likeness (QED) is 0.220.